The van der Waals surface area contributed by atoms with Crippen LogP contribution in [0.2, 0.25) is 0 Å². The van der Waals surface area contributed by atoms with Gasteiger partial charge in [-0.2, -0.15) is 0 Å². The summed E-state index contributed by atoms with van der Waals surface area (Å²) >= 11 is 0. The zero-order valence-corrected chi connectivity index (χ0v) is 11.8. The lowest BCUT2D eigenvalue weighted by atomic mass is 9.83. The van der Waals surface area contributed by atoms with E-state index < -0.39 is 23.1 Å². The zero-order valence-electron chi connectivity index (χ0n) is 11.8. The minimum absolute atomic E-state index is 0.0851. The van der Waals surface area contributed by atoms with Crippen molar-refractivity contribution in [1.29, 1.82) is 0 Å². The van der Waals surface area contributed by atoms with E-state index in [2.05, 4.69) is 10.6 Å². The van der Waals surface area contributed by atoms with Crippen molar-refractivity contribution in [2.75, 3.05) is 13.1 Å². The molecule has 2 unspecified atom stereocenters. The Morgan fingerprint density at radius 2 is 2.10 bits per heavy atom. The van der Waals surface area contributed by atoms with Crippen LogP contribution >= 0.6 is 0 Å². The Balaban J connectivity index is 2.15. The summed E-state index contributed by atoms with van der Waals surface area (Å²) in [7, 11) is 0. The Labute approximate surface area is 117 Å². The fourth-order valence-electron chi connectivity index (χ4n) is 2.75. The maximum atomic E-state index is 13.7. The number of carbonyl (C=O) groups excluding carboxylic acids is 1. The lowest BCUT2D eigenvalue weighted by Gasteiger charge is -2.27. The van der Waals surface area contributed by atoms with Gasteiger partial charge in [-0.05, 0) is 38.4 Å². The molecule has 1 amide bonds. The molecule has 0 aromatic heterocycles. The van der Waals surface area contributed by atoms with Crippen LogP contribution < -0.4 is 10.6 Å². The summed E-state index contributed by atoms with van der Waals surface area (Å²) in [5.41, 5.74) is -0.547. The third-order valence-electron chi connectivity index (χ3n) is 4.18. The van der Waals surface area contributed by atoms with E-state index in [4.69, 9.17) is 0 Å². The molecule has 3 nitrogen and oxygen atoms in total. The number of halogens is 2. The minimum Gasteiger partial charge on any atom is -0.349 e. The first-order chi connectivity index (χ1) is 9.50. The SMILES string of the molecule is CCC1(C(=O)NC(C)c2c(F)cccc2F)CCNC1. The highest BCUT2D eigenvalue weighted by molar-refractivity contribution is 5.83. The van der Waals surface area contributed by atoms with E-state index in [0.29, 0.717) is 13.0 Å². The molecule has 0 bridgehead atoms. The topological polar surface area (TPSA) is 41.1 Å². The summed E-state index contributed by atoms with van der Waals surface area (Å²) in [6.45, 7) is 4.97. The molecule has 1 aromatic rings. The average Bonchev–Trinajstić information content (AvgIpc) is 2.88. The maximum absolute atomic E-state index is 13.7. The summed E-state index contributed by atoms with van der Waals surface area (Å²) < 4.78 is 27.4. The fraction of sp³-hybridized carbons (Fsp3) is 0.533. The quantitative estimate of drug-likeness (QED) is 0.891. The largest absolute Gasteiger partial charge is 0.349 e. The standard InChI is InChI=1S/C15H20F2N2O/c1-3-15(7-8-18-9-15)14(20)19-10(2)13-11(16)5-4-6-12(13)17/h4-6,10,18H,3,7-9H2,1-2H3,(H,19,20). The van der Waals surface area contributed by atoms with E-state index in [1.165, 1.54) is 18.2 Å². The van der Waals surface area contributed by atoms with E-state index in [-0.39, 0.29) is 11.5 Å². The van der Waals surface area contributed by atoms with E-state index in [0.717, 1.165) is 13.0 Å². The second-order valence-corrected chi connectivity index (χ2v) is 5.39. The van der Waals surface area contributed by atoms with Crippen LogP contribution in [0.15, 0.2) is 18.2 Å². The first-order valence-corrected chi connectivity index (χ1v) is 6.96. The third kappa shape index (κ3) is 2.68. The van der Waals surface area contributed by atoms with Gasteiger partial charge in [0.2, 0.25) is 5.91 Å². The second-order valence-electron chi connectivity index (χ2n) is 5.39. The van der Waals surface area contributed by atoms with Gasteiger partial charge in [-0.15, -0.1) is 0 Å². The molecule has 1 aliphatic heterocycles. The molecule has 1 heterocycles. The van der Waals surface area contributed by atoms with Gasteiger partial charge in [0, 0.05) is 12.1 Å². The number of rotatable bonds is 4. The van der Waals surface area contributed by atoms with Crippen molar-refractivity contribution >= 4 is 5.91 Å². The van der Waals surface area contributed by atoms with Gasteiger partial charge in [-0.3, -0.25) is 4.79 Å². The predicted octanol–water partition coefficient (Wildman–Crippen LogP) is 2.53. The number of amides is 1. The first-order valence-electron chi connectivity index (χ1n) is 6.96. The van der Waals surface area contributed by atoms with Crippen LogP contribution in [0.1, 0.15) is 38.3 Å². The molecule has 110 valence electrons. The monoisotopic (exact) mass is 282 g/mol. The summed E-state index contributed by atoms with van der Waals surface area (Å²) in [4.78, 5) is 12.4. The Hall–Kier alpha value is -1.49. The van der Waals surface area contributed by atoms with Gasteiger partial charge in [0.1, 0.15) is 11.6 Å². The molecule has 2 rings (SSSR count). The molecule has 5 heteroatoms. The number of hydrogen-bond donors (Lipinski definition) is 2. The molecule has 0 radical (unpaired) electrons. The number of benzene rings is 1. The highest BCUT2D eigenvalue weighted by Gasteiger charge is 2.40. The van der Waals surface area contributed by atoms with Gasteiger partial charge in [0.25, 0.3) is 0 Å². The summed E-state index contributed by atoms with van der Waals surface area (Å²) in [5.74, 6) is -1.40. The second kappa shape index (κ2) is 5.87. The third-order valence-corrected chi connectivity index (χ3v) is 4.18. The van der Waals surface area contributed by atoms with Gasteiger partial charge in [-0.25, -0.2) is 8.78 Å². The molecule has 1 aromatic carbocycles. The van der Waals surface area contributed by atoms with Crippen LogP contribution in [0, 0.1) is 17.0 Å². The Bertz CT molecular complexity index is 478. The Morgan fingerprint density at radius 3 is 2.60 bits per heavy atom. The van der Waals surface area contributed by atoms with Crippen molar-refractivity contribution < 1.29 is 13.6 Å². The molecular weight excluding hydrogens is 262 g/mol. The van der Waals surface area contributed by atoms with Gasteiger partial charge in [0.05, 0.1) is 11.5 Å². The molecule has 0 saturated carbocycles. The van der Waals surface area contributed by atoms with Crippen molar-refractivity contribution in [2.24, 2.45) is 5.41 Å². The number of nitrogens with one attached hydrogen (secondary N) is 2. The van der Waals surface area contributed by atoms with E-state index in [9.17, 15) is 13.6 Å². The highest BCUT2D eigenvalue weighted by Crippen LogP contribution is 2.31. The van der Waals surface area contributed by atoms with E-state index in [1.807, 2.05) is 6.92 Å². The highest BCUT2D eigenvalue weighted by atomic mass is 19.1. The predicted molar refractivity (Wildman–Crippen MR) is 73.1 cm³/mol. The van der Waals surface area contributed by atoms with Gasteiger partial charge < -0.3 is 10.6 Å². The van der Waals surface area contributed by atoms with Crippen molar-refractivity contribution in [1.82, 2.24) is 10.6 Å². The van der Waals surface area contributed by atoms with Crippen LogP contribution in [0.5, 0.6) is 0 Å². The lowest BCUT2D eigenvalue weighted by Crippen LogP contribution is -2.43. The molecule has 1 aliphatic rings. The van der Waals surface area contributed by atoms with Gasteiger partial charge in [-0.1, -0.05) is 13.0 Å². The Morgan fingerprint density at radius 1 is 1.45 bits per heavy atom. The molecule has 20 heavy (non-hydrogen) atoms. The van der Waals surface area contributed by atoms with Crippen LogP contribution in [0.4, 0.5) is 8.78 Å². The molecule has 1 fully saturated rings. The van der Waals surface area contributed by atoms with Crippen LogP contribution in [-0.2, 0) is 4.79 Å². The van der Waals surface area contributed by atoms with Crippen LogP contribution in [0.25, 0.3) is 0 Å². The summed E-state index contributed by atoms with van der Waals surface area (Å²) in [5, 5.41) is 5.92. The maximum Gasteiger partial charge on any atom is 0.228 e. The Kier molecular flexibility index (Phi) is 4.38. The van der Waals surface area contributed by atoms with Crippen molar-refractivity contribution in [3.8, 4) is 0 Å². The molecule has 2 atom stereocenters. The number of hydrogen-bond acceptors (Lipinski definition) is 2. The van der Waals surface area contributed by atoms with Gasteiger partial charge in [0.15, 0.2) is 0 Å². The summed E-state index contributed by atoms with van der Waals surface area (Å²) in [6.07, 6.45) is 1.46. The van der Waals surface area contributed by atoms with Crippen LogP contribution in [-0.4, -0.2) is 19.0 Å². The minimum atomic E-state index is -0.687. The average molecular weight is 282 g/mol. The van der Waals surface area contributed by atoms with E-state index >= 15 is 0 Å². The molecule has 0 spiro atoms. The molecule has 1 saturated heterocycles. The van der Waals surface area contributed by atoms with Crippen molar-refractivity contribution in [3.63, 3.8) is 0 Å². The first kappa shape index (κ1) is 14.9. The fourth-order valence-corrected chi connectivity index (χ4v) is 2.75. The van der Waals surface area contributed by atoms with Crippen molar-refractivity contribution in [3.05, 3.63) is 35.4 Å². The smallest absolute Gasteiger partial charge is 0.228 e. The molecule has 2 N–H and O–H groups in total. The number of carbonyl (C=O) groups is 1. The van der Waals surface area contributed by atoms with Gasteiger partial charge >= 0.3 is 0 Å². The van der Waals surface area contributed by atoms with Crippen molar-refractivity contribution in [2.45, 2.75) is 32.7 Å². The molecule has 0 aliphatic carbocycles. The summed E-state index contributed by atoms with van der Waals surface area (Å²) in [6, 6.07) is 3.03. The zero-order chi connectivity index (χ0) is 14.8. The lowest BCUT2D eigenvalue weighted by molar-refractivity contribution is -0.131. The normalized spacial score (nSPS) is 23.6. The van der Waals surface area contributed by atoms with E-state index in [1.54, 1.807) is 6.92 Å². The molecular formula is C15H20F2N2O. The van der Waals surface area contributed by atoms with Crippen LogP contribution in [0.3, 0.4) is 0 Å².